The molecule has 0 aliphatic carbocycles. The third-order valence-corrected chi connectivity index (χ3v) is 2.36. The molecule has 0 saturated heterocycles. The van der Waals surface area contributed by atoms with Gasteiger partial charge in [0, 0.05) is 12.6 Å². The van der Waals surface area contributed by atoms with Crippen molar-refractivity contribution in [3.05, 3.63) is 24.2 Å². The fourth-order valence-electron chi connectivity index (χ4n) is 1.45. The average molecular weight is 235 g/mol. The first kappa shape index (κ1) is 11.4. The van der Waals surface area contributed by atoms with E-state index in [0.29, 0.717) is 23.8 Å². The van der Waals surface area contributed by atoms with E-state index in [4.69, 9.17) is 4.52 Å². The first-order valence-corrected chi connectivity index (χ1v) is 5.29. The molecule has 0 unspecified atom stereocenters. The molecular formula is C11H13N3O3. The lowest BCUT2D eigenvalue weighted by Crippen LogP contribution is -2.11. The third-order valence-electron chi connectivity index (χ3n) is 2.36. The number of rotatable bonds is 4. The van der Waals surface area contributed by atoms with E-state index in [1.54, 1.807) is 10.8 Å². The molecule has 0 radical (unpaired) electrons. The molecule has 0 bridgehead atoms. The van der Waals surface area contributed by atoms with Gasteiger partial charge in [-0.1, -0.05) is 12.1 Å². The van der Waals surface area contributed by atoms with Crippen LogP contribution in [-0.2, 0) is 22.5 Å². The number of aromatic nitrogens is 3. The molecule has 2 aromatic rings. The van der Waals surface area contributed by atoms with Crippen molar-refractivity contribution < 1.29 is 14.1 Å². The molecule has 0 atom stereocenters. The lowest BCUT2D eigenvalue weighted by atomic mass is 10.4. The quantitative estimate of drug-likeness (QED) is 0.746. The maximum absolute atomic E-state index is 11.2. The Morgan fingerprint density at radius 3 is 3.06 bits per heavy atom. The fraction of sp³-hybridized carbons (Fsp3) is 0.364. The summed E-state index contributed by atoms with van der Waals surface area (Å²) >= 11 is 0. The highest BCUT2D eigenvalue weighted by molar-refractivity contribution is 5.70. The minimum absolute atomic E-state index is 0.128. The molecule has 2 rings (SSSR count). The summed E-state index contributed by atoms with van der Waals surface area (Å²) in [6.45, 7) is 2.07. The SMILES string of the molecule is CCc1noc(-c2cccn2CC(=O)OC)n1. The number of ether oxygens (including phenoxy) is 1. The van der Waals surface area contributed by atoms with Crippen LogP contribution in [0.5, 0.6) is 0 Å². The van der Waals surface area contributed by atoms with E-state index in [9.17, 15) is 4.79 Å². The second-order valence-electron chi connectivity index (χ2n) is 3.47. The maximum atomic E-state index is 11.2. The van der Waals surface area contributed by atoms with Crippen LogP contribution in [0.25, 0.3) is 11.6 Å². The lowest BCUT2D eigenvalue weighted by molar-refractivity contribution is -0.141. The lowest BCUT2D eigenvalue weighted by Gasteiger charge is -2.03. The van der Waals surface area contributed by atoms with Gasteiger partial charge in [0.05, 0.1) is 7.11 Å². The average Bonchev–Trinajstić information content (AvgIpc) is 2.96. The minimum Gasteiger partial charge on any atom is -0.468 e. The van der Waals surface area contributed by atoms with Gasteiger partial charge in [0.25, 0.3) is 5.89 Å². The van der Waals surface area contributed by atoms with Crippen molar-refractivity contribution in [3.8, 4) is 11.6 Å². The highest BCUT2D eigenvalue weighted by atomic mass is 16.5. The Kier molecular flexibility index (Phi) is 3.22. The predicted octanol–water partition coefficient (Wildman–Crippen LogP) is 1.27. The Morgan fingerprint density at radius 1 is 1.59 bits per heavy atom. The number of nitrogens with zero attached hydrogens (tertiary/aromatic N) is 3. The van der Waals surface area contributed by atoms with Gasteiger partial charge in [0.2, 0.25) is 0 Å². The van der Waals surface area contributed by atoms with Crippen LogP contribution in [0.3, 0.4) is 0 Å². The number of carbonyl (C=O) groups excluding carboxylic acids is 1. The van der Waals surface area contributed by atoms with Gasteiger partial charge in [-0.15, -0.1) is 0 Å². The van der Waals surface area contributed by atoms with Crippen LogP contribution in [0.4, 0.5) is 0 Å². The van der Waals surface area contributed by atoms with Gasteiger partial charge in [0.15, 0.2) is 5.82 Å². The second kappa shape index (κ2) is 4.82. The summed E-state index contributed by atoms with van der Waals surface area (Å²) in [5.41, 5.74) is 0.711. The van der Waals surface area contributed by atoms with Gasteiger partial charge in [0.1, 0.15) is 12.2 Å². The van der Waals surface area contributed by atoms with E-state index in [-0.39, 0.29) is 12.5 Å². The topological polar surface area (TPSA) is 70.2 Å². The normalized spacial score (nSPS) is 10.5. The number of methoxy groups -OCH3 is 1. The van der Waals surface area contributed by atoms with Crippen LogP contribution < -0.4 is 0 Å². The van der Waals surface area contributed by atoms with Gasteiger partial charge in [-0.05, 0) is 12.1 Å². The van der Waals surface area contributed by atoms with Crippen LogP contribution in [0.2, 0.25) is 0 Å². The van der Waals surface area contributed by atoms with Crippen molar-refractivity contribution in [3.63, 3.8) is 0 Å². The van der Waals surface area contributed by atoms with Crippen LogP contribution in [-0.4, -0.2) is 27.8 Å². The number of esters is 1. The molecule has 0 fully saturated rings. The zero-order valence-electron chi connectivity index (χ0n) is 9.71. The second-order valence-corrected chi connectivity index (χ2v) is 3.47. The summed E-state index contributed by atoms with van der Waals surface area (Å²) in [6, 6.07) is 3.63. The summed E-state index contributed by atoms with van der Waals surface area (Å²) in [5.74, 6) is 0.735. The highest BCUT2D eigenvalue weighted by Gasteiger charge is 2.13. The summed E-state index contributed by atoms with van der Waals surface area (Å²) < 4.78 is 11.4. The number of hydrogen-bond donors (Lipinski definition) is 0. The molecule has 0 amide bonds. The predicted molar refractivity (Wildman–Crippen MR) is 59.1 cm³/mol. The molecule has 2 heterocycles. The Balaban J connectivity index is 2.26. The molecule has 6 heteroatoms. The molecule has 0 N–H and O–H groups in total. The van der Waals surface area contributed by atoms with Crippen LogP contribution in [0.15, 0.2) is 22.9 Å². The van der Waals surface area contributed by atoms with E-state index in [1.807, 2.05) is 19.1 Å². The minimum atomic E-state index is -0.322. The van der Waals surface area contributed by atoms with E-state index < -0.39 is 0 Å². The molecular weight excluding hydrogens is 222 g/mol. The zero-order valence-corrected chi connectivity index (χ0v) is 9.71. The number of hydrogen-bond acceptors (Lipinski definition) is 5. The molecule has 0 aliphatic heterocycles. The monoisotopic (exact) mass is 235 g/mol. The molecule has 90 valence electrons. The van der Waals surface area contributed by atoms with Crippen LogP contribution >= 0.6 is 0 Å². The van der Waals surface area contributed by atoms with Crippen molar-refractivity contribution in [1.82, 2.24) is 14.7 Å². The molecule has 0 aliphatic rings. The van der Waals surface area contributed by atoms with Gasteiger partial charge >= 0.3 is 5.97 Å². The maximum Gasteiger partial charge on any atom is 0.325 e. The first-order valence-electron chi connectivity index (χ1n) is 5.29. The summed E-state index contributed by atoms with van der Waals surface area (Å²) in [6.07, 6.45) is 2.48. The van der Waals surface area contributed by atoms with Crippen molar-refractivity contribution >= 4 is 5.97 Å². The summed E-state index contributed by atoms with van der Waals surface area (Å²) in [7, 11) is 1.35. The van der Waals surface area contributed by atoms with Crippen molar-refractivity contribution in [1.29, 1.82) is 0 Å². The molecule has 0 saturated carbocycles. The molecule has 2 aromatic heterocycles. The molecule has 17 heavy (non-hydrogen) atoms. The van der Waals surface area contributed by atoms with Gasteiger partial charge in [-0.2, -0.15) is 4.98 Å². The van der Waals surface area contributed by atoms with Crippen molar-refractivity contribution in [2.45, 2.75) is 19.9 Å². The first-order chi connectivity index (χ1) is 8.24. The van der Waals surface area contributed by atoms with Crippen molar-refractivity contribution in [2.75, 3.05) is 7.11 Å². The van der Waals surface area contributed by atoms with Crippen LogP contribution in [0, 0.1) is 0 Å². The smallest absolute Gasteiger partial charge is 0.325 e. The van der Waals surface area contributed by atoms with Gasteiger partial charge in [-0.3, -0.25) is 4.79 Å². The Hall–Kier alpha value is -2.11. The molecule has 0 aromatic carbocycles. The fourth-order valence-corrected chi connectivity index (χ4v) is 1.45. The van der Waals surface area contributed by atoms with E-state index in [0.717, 1.165) is 0 Å². The molecule has 0 spiro atoms. The Bertz CT molecular complexity index is 516. The Morgan fingerprint density at radius 2 is 2.41 bits per heavy atom. The van der Waals surface area contributed by atoms with E-state index in [1.165, 1.54) is 7.11 Å². The summed E-state index contributed by atoms with van der Waals surface area (Å²) in [5, 5.41) is 3.82. The molecule has 6 nitrogen and oxygen atoms in total. The van der Waals surface area contributed by atoms with Gasteiger partial charge in [-0.25, -0.2) is 0 Å². The largest absolute Gasteiger partial charge is 0.468 e. The zero-order chi connectivity index (χ0) is 12.3. The van der Waals surface area contributed by atoms with Crippen LogP contribution in [0.1, 0.15) is 12.7 Å². The van der Waals surface area contributed by atoms with E-state index >= 15 is 0 Å². The highest BCUT2D eigenvalue weighted by Crippen LogP contribution is 2.18. The standard InChI is InChI=1S/C11H13N3O3/c1-3-9-12-11(17-13-9)8-5-4-6-14(8)7-10(15)16-2/h4-6H,3,7H2,1-2H3. The van der Waals surface area contributed by atoms with Crippen molar-refractivity contribution in [2.24, 2.45) is 0 Å². The summed E-state index contributed by atoms with van der Waals surface area (Å²) in [4.78, 5) is 15.4. The van der Waals surface area contributed by atoms with Gasteiger partial charge < -0.3 is 13.8 Å². The third kappa shape index (κ3) is 2.35. The number of carbonyl (C=O) groups is 1. The Labute approximate surface area is 98.2 Å². The number of aryl methyl sites for hydroxylation is 1. The van der Waals surface area contributed by atoms with E-state index in [2.05, 4.69) is 14.9 Å².